The second kappa shape index (κ2) is 8.14. The quantitative estimate of drug-likeness (QED) is 0.810. The molecule has 0 fully saturated rings. The third-order valence-electron chi connectivity index (χ3n) is 3.04. The summed E-state index contributed by atoms with van der Waals surface area (Å²) in [6.45, 7) is 4.39. The van der Waals surface area contributed by atoms with E-state index in [1.54, 1.807) is 31.2 Å². The molecule has 0 aromatic heterocycles. The standard InChI is InChI=1S/C15H22N2O4/c1-4-10-21-12-8-6-11(7-9-12)16-15(20)17(3)13(5-2)14(18)19/h6-9,13H,4-5,10H2,1-3H3,(H,16,20)(H,18,19). The average molecular weight is 294 g/mol. The van der Waals surface area contributed by atoms with Crippen LogP contribution in [0.4, 0.5) is 10.5 Å². The number of carbonyl (C=O) groups excluding carboxylic acids is 1. The van der Waals surface area contributed by atoms with Crippen LogP contribution in [0.15, 0.2) is 24.3 Å². The number of hydrogen-bond acceptors (Lipinski definition) is 3. The van der Waals surface area contributed by atoms with Gasteiger partial charge in [-0.25, -0.2) is 9.59 Å². The lowest BCUT2D eigenvalue weighted by Gasteiger charge is -2.24. The molecule has 6 nitrogen and oxygen atoms in total. The van der Waals surface area contributed by atoms with E-state index in [1.165, 1.54) is 11.9 Å². The van der Waals surface area contributed by atoms with Gasteiger partial charge in [0.15, 0.2) is 0 Å². The van der Waals surface area contributed by atoms with E-state index in [1.807, 2.05) is 6.92 Å². The highest BCUT2D eigenvalue weighted by molar-refractivity contribution is 5.92. The fraction of sp³-hybridized carbons (Fsp3) is 0.467. The molecule has 0 saturated carbocycles. The van der Waals surface area contributed by atoms with Gasteiger partial charge in [-0.2, -0.15) is 0 Å². The summed E-state index contributed by atoms with van der Waals surface area (Å²) in [6.07, 6.45) is 1.28. The first kappa shape index (κ1) is 16.8. The van der Waals surface area contributed by atoms with Gasteiger partial charge in [-0.05, 0) is 37.1 Å². The fourth-order valence-corrected chi connectivity index (χ4v) is 1.82. The van der Waals surface area contributed by atoms with E-state index < -0.39 is 18.0 Å². The fourth-order valence-electron chi connectivity index (χ4n) is 1.82. The van der Waals surface area contributed by atoms with Crippen LogP contribution < -0.4 is 10.1 Å². The Morgan fingerprint density at radius 3 is 2.38 bits per heavy atom. The number of urea groups is 1. The van der Waals surface area contributed by atoms with Crippen molar-refractivity contribution in [3.8, 4) is 5.75 Å². The summed E-state index contributed by atoms with van der Waals surface area (Å²) in [7, 11) is 1.47. The van der Waals surface area contributed by atoms with Crippen molar-refractivity contribution < 1.29 is 19.4 Å². The predicted octanol–water partition coefficient (Wildman–Crippen LogP) is 2.80. The van der Waals surface area contributed by atoms with E-state index in [0.717, 1.165) is 12.2 Å². The molecule has 0 heterocycles. The summed E-state index contributed by atoms with van der Waals surface area (Å²) in [4.78, 5) is 24.2. The maximum atomic E-state index is 12.0. The number of amides is 2. The number of hydrogen-bond donors (Lipinski definition) is 2. The van der Waals surface area contributed by atoms with Crippen molar-refractivity contribution in [2.24, 2.45) is 0 Å². The van der Waals surface area contributed by atoms with Crippen LogP contribution in [0.1, 0.15) is 26.7 Å². The van der Waals surface area contributed by atoms with Crippen molar-refractivity contribution in [2.45, 2.75) is 32.7 Å². The first-order valence-electron chi connectivity index (χ1n) is 6.99. The highest BCUT2D eigenvalue weighted by atomic mass is 16.5. The maximum Gasteiger partial charge on any atom is 0.326 e. The van der Waals surface area contributed by atoms with Gasteiger partial charge in [0.2, 0.25) is 0 Å². The Labute approximate surface area is 124 Å². The van der Waals surface area contributed by atoms with Gasteiger partial charge in [-0.3, -0.25) is 0 Å². The molecule has 2 N–H and O–H groups in total. The number of ether oxygens (including phenoxy) is 1. The first-order chi connectivity index (χ1) is 9.99. The normalized spacial score (nSPS) is 11.6. The van der Waals surface area contributed by atoms with Gasteiger partial charge >= 0.3 is 12.0 Å². The lowest BCUT2D eigenvalue weighted by Crippen LogP contribution is -2.44. The number of anilines is 1. The molecule has 0 saturated heterocycles. The number of carboxylic acid groups (broad SMARTS) is 1. The van der Waals surface area contributed by atoms with Gasteiger partial charge in [0.05, 0.1) is 6.61 Å². The second-order valence-electron chi connectivity index (χ2n) is 4.68. The minimum atomic E-state index is -1.02. The third-order valence-corrected chi connectivity index (χ3v) is 3.04. The molecule has 1 atom stereocenters. The molecule has 116 valence electrons. The van der Waals surface area contributed by atoms with E-state index in [4.69, 9.17) is 9.84 Å². The lowest BCUT2D eigenvalue weighted by atomic mass is 10.2. The molecule has 1 unspecified atom stereocenters. The SMILES string of the molecule is CCCOc1ccc(NC(=O)N(C)C(CC)C(=O)O)cc1. The Hall–Kier alpha value is -2.24. The summed E-state index contributed by atoms with van der Waals surface area (Å²) in [6, 6.07) is 5.68. The van der Waals surface area contributed by atoms with E-state index >= 15 is 0 Å². The van der Waals surface area contributed by atoms with E-state index in [2.05, 4.69) is 5.32 Å². The largest absolute Gasteiger partial charge is 0.494 e. The summed E-state index contributed by atoms with van der Waals surface area (Å²) < 4.78 is 5.45. The number of benzene rings is 1. The van der Waals surface area contributed by atoms with Crippen molar-refractivity contribution >= 4 is 17.7 Å². The smallest absolute Gasteiger partial charge is 0.326 e. The zero-order valence-corrected chi connectivity index (χ0v) is 12.6. The Bertz CT molecular complexity index is 473. The molecule has 0 aliphatic heterocycles. The van der Waals surface area contributed by atoms with Gasteiger partial charge in [-0.15, -0.1) is 0 Å². The zero-order chi connectivity index (χ0) is 15.8. The van der Waals surface area contributed by atoms with Crippen LogP contribution >= 0.6 is 0 Å². The van der Waals surface area contributed by atoms with Crippen LogP contribution in [0.2, 0.25) is 0 Å². The molecule has 1 aromatic rings. The number of rotatable bonds is 7. The highest BCUT2D eigenvalue weighted by Crippen LogP contribution is 2.16. The Morgan fingerprint density at radius 2 is 1.90 bits per heavy atom. The van der Waals surface area contributed by atoms with E-state index in [-0.39, 0.29) is 0 Å². The highest BCUT2D eigenvalue weighted by Gasteiger charge is 2.24. The number of carbonyl (C=O) groups is 2. The van der Waals surface area contributed by atoms with Crippen molar-refractivity contribution in [3.63, 3.8) is 0 Å². The van der Waals surface area contributed by atoms with Crippen molar-refractivity contribution in [1.29, 1.82) is 0 Å². The van der Waals surface area contributed by atoms with Crippen LogP contribution in [0.25, 0.3) is 0 Å². The molecule has 0 radical (unpaired) electrons. The molecular weight excluding hydrogens is 272 g/mol. The number of nitrogens with zero attached hydrogens (tertiary/aromatic N) is 1. The minimum Gasteiger partial charge on any atom is -0.494 e. The zero-order valence-electron chi connectivity index (χ0n) is 12.6. The van der Waals surface area contributed by atoms with Gasteiger partial charge in [0, 0.05) is 12.7 Å². The van der Waals surface area contributed by atoms with Crippen LogP contribution in [0.3, 0.4) is 0 Å². The number of carboxylic acids is 1. The first-order valence-corrected chi connectivity index (χ1v) is 6.99. The minimum absolute atomic E-state index is 0.350. The average Bonchev–Trinajstić information content (AvgIpc) is 2.46. The molecule has 0 aliphatic rings. The summed E-state index contributed by atoms with van der Waals surface area (Å²) in [5, 5.41) is 11.7. The number of likely N-dealkylation sites (N-methyl/N-ethyl adjacent to an activating group) is 1. The number of aliphatic carboxylic acids is 1. The molecule has 0 aliphatic carbocycles. The van der Waals surface area contributed by atoms with Gasteiger partial charge in [0.1, 0.15) is 11.8 Å². The van der Waals surface area contributed by atoms with Crippen molar-refractivity contribution in [3.05, 3.63) is 24.3 Å². The van der Waals surface area contributed by atoms with Crippen LogP contribution in [0, 0.1) is 0 Å². The monoisotopic (exact) mass is 294 g/mol. The van der Waals surface area contributed by atoms with Crippen molar-refractivity contribution in [2.75, 3.05) is 19.0 Å². The molecule has 21 heavy (non-hydrogen) atoms. The van der Waals surface area contributed by atoms with Crippen molar-refractivity contribution in [1.82, 2.24) is 4.90 Å². The summed E-state index contributed by atoms with van der Waals surface area (Å²) >= 11 is 0. The van der Waals surface area contributed by atoms with Gasteiger partial charge in [0.25, 0.3) is 0 Å². The molecule has 2 amide bonds. The predicted molar refractivity (Wildman–Crippen MR) is 80.7 cm³/mol. The molecule has 1 rings (SSSR count). The lowest BCUT2D eigenvalue weighted by molar-refractivity contribution is -0.141. The topological polar surface area (TPSA) is 78.9 Å². The third kappa shape index (κ3) is 4.98. The number of nitrogens with one attached hydrogen (secondary N) is 1. The van der Waals surface area contributed by atoms with Crippen LogP contribution in [0.5, 0.6) is 5.75 Å². The Kier molecular flexibility index (Phi) is 6.52. The summed E-state index contributed by atoms with van der Waals surface area (Å²) in [5.41, 5.74) is 0.593. The van der Waals surface area contributed by atoms with Crippen LogP contribution in [-0.4, -0.2) is 41.7 Å². The molecular formula is C15H22N2O4. The molecule has 0 bridgehead atoms. The second-order valence-corrected chi connectivity index (χ2v) is 4.68. The molecule has 6 heteroatoms. The van der Waals surface area contributed by atoms with Gasteiger partial charge < -0.3 is 20.1 Å². The van der Waals surface area contributed by atoms with E-state index in [0.29, 0.717) is 18.7 Å². The molecule has 0 spiro atoms. The maximum absolute atomic E-state index is 12.0. The van der Waals surface area contributed by atoms with Crippen LogP contribution in [-0.2, 0) is 4.79 Å². The molecule has 1 aromatic carbocycles. The Balaban J connectivity index is 2.63. The summed E-state index contributed by atoms with van der Waals surface area (Å²) in [5.74, 6) is -0.279. The van der Waals surface area contributed by atoms with Gasteiger partial charge in [-0.1, -0.05) is 13.8 Å². The van der Waals surface area contributed by atoms with E-state index in [9.17, 15) is 9.59 Å². The Morgan fingerprint density at radius 1 is 1.29 bits per heavy atom.